The number of hydrogen-bond donors (Lipinski definition) is 3. The third kappa shape index (κ3) is 2.61. The number of nitrogens with one attached hydrogen (secondary N) is 2. The van der Waals surface area contributed by atoms with Crippen LogP contribution in [0.3, 0.4) is 0 Å². The van der Waals surface area contributed by atoms with Crippen molar-refractivity contribution in [1.82, 2.24) is 10.6 Å². The van der Waals surface area contributed by atoms with Gasteiger partial charge in [0.25, 0.3) is 0 Å². The van der Waals surface area contributed by atoms with E-state index in [-0.39, 0.29) is 12.6 Å². The van der Waals surface area contributed by atoms with Crippen molar-refractivity contribution in [2.75, 3.05) is 13.7 Å². The third-order valence-electron chi connectivity index (χ3n) is 3.00. The summed E-state index contributed by atoms with van der Waals surface area (Å²) in [7, 11) is 1.59. The van der Waals surface area contributed by atoms with Gasteiger partial charge < -0.3 is 15.7 Å². The first-order valence-electron chi connectivity index (χ1n) is 5.22. The molecule has 0 saturated heterocycles. The molecule has 0 radical (unpaired) electrons. The average molecular weight is 200 g/mol. The summed E-state index contributed by atoms with van der Waals surface area (Å²) in [6.45, 7) is 2.19. The molecule has 0 heterocycles. The zero-order valence-electron chi connectivity index (χ0n) is 8.97. The lowest BCUT2D eigenvalue weighted by Gasteiger charge is -2.39. The molecule has 1 aliphatic carbocycles. The molecule has 3 N–H and O–H groups in total. The monoisotopic (exact) mass is 200 g/mol. The van der Waals surface area contributed by atoms with E-state index in [0.29, 0.717) is 5.92 Å². The Hall–Kier alpha value is -0.770. The zero-order valence-corrected chi connectivity index (χ0v) is 8.97. The van der Waals surface area contributed by atoms with Gasteiger partial charge in [-0.15, -0.1) is 0 Å². The number of carbonyl (C=O) groups excluding carboxylic acids is 1. The minimum absolute atomic E-state index is 0.0325. The molecule has 4 heteroatoms. The fourth-order valence-corrected chi connectivity index (χ4v) is 2.26. The molecule has 2 unspecified atom stereocenters. The van der Waals surface area contributed by atoms with Gasteiger partial charge in [0.2, 0.25) is 0 Å². The number of aliphatic hydroxyl groups excluding tert-OH is 1. The van der Waals surface area contributed by atoms with Crippen LogP contribution in [0.1, 0.15) is 32.6 Å². The van der Waals surface area contributed by atoms with Gasteiger partial charge in [-0.2, -0.15) is 0 Å². The molecule has 0 aliphatic heterocycles. The van der Waals surface area contributed by atoms with Gasteiger partial charge >= 0.3 is 6.03 Å². The predicted molar refractivity (Wildman–Crippen MR) is 55.0 cm³/mol. The SMILES string of the molecule is CNC(=O)NC1(CO)CCCC(C)C1. The summed E-state index contributed by atoms with van der Waals surface area (Å²) in [4.78, 5) is 11.2. The molecule has 0 bridgehead atoms. The highest BCUT2D eigenvalue weighted by Gasteiger charge is 2.35. The molecule has 1 rings (SSSR count). The number of carbonyl (C=O) groups is 1. The summed E-state index contributed by atoms with van der Waals surface area (Å²) >= 11 is 0. The number of aliphatic hydroxyl groups is 1. The van der Waals surface area contributed by atoms with Crippen molar-refractivity contribution in [2.24, 2.45) is 5.92 Å². The molecule has 14 heavy (non-hydrogen) atoms. The average Bonchev–Trinajstić information content (AvgIpc) is 2.17. The van der Waals surface area contributed by atoms with Crippen molar-refractivity contribution in [2.45, 2.75) is 38.1 Å². The summed E-state index contributed by atoms with van der Waals surface area (Å²) in [6.07, 6.45) is 4.01. The van der Waals surface area contributed by atoms with Gasteiger partial charge in [-0.25, -0.2) is 4.79 Å². The quantitative estimate of drug-likeness (QED) is 0.619. The Bertz CT molecular complexity index is 208. The van der Waals surface area contributed by atoms with E-state index < -0.39 is 5.54 Å². The van der Waals surface area contributed by atoms with E-state index in [1.54, 1.807) is 7.05 Å². The Morgan fingerprint density at radius 1 is 1.64 bits per heavy atom. The van der Waals surface area contributed by atoms with E-state index >= 15 is 0 Å². The van der Waals surface area contributed by atoms with Crippen LogP contribution in [-0.2, 0) is 0 Å². The second-order valence-electron chi connectivity index (χ2n) is 4.34. The van der Waals surface area contributed by atoms with E-state index in [9.17, 15) is 9.90 Å². The molecule has 2 atom stereocenters. The Kier molecular flexibility index (Phi) is 3.75. The summed E-state index contributed by atoms with van der Waals surface area (Å²) in [5, 5.41) is 14.7. The molecule has 0 aromatic heterocycles. The highest BCUT2D eigenvalue weighted by atomic mass is 16.3. The standard InChI is InChI=1S/C10H20N2O2/c1-8-4-3-5-10(6-8,7-13)12-9(14)11-2/h8,13H,3-7H2,1-2H3,(H2,11,12,14). The smallest absolute Gasteiger partial charge is 0.315 e. The van der Waals surface area contributed by atoms with Crippen LogP contribution in [0, 0.1) is 5.92 Å². The van der Waals surface area contributed by atoms with E-state index in [4.69, 9.17) is 0 Å². The third-order valence-corrected chi connectivity index (χ3v) is 3.00. The highest BCUT2D eigenvalue weighted by Crippen LogP contribution is 2.31. The second kappa shape index (κ2) is 4.64. The number of urea groups is 1. The highest BCUT2D eigenvalue weighted by molar-refractivity contribution is 5.74. The molecule has 1 aliphatic rings. The fraction of sp³-hybridized carbons (Fsp3) is 0.900. The van der Waals surface area contributed by atoms with Gasteiger partial charge in [-0.1, -0.05) is 19.8 Å². The van der Waals surface area contributed by atoms with Crippen LogP contribution >= 0.6 is 0 Å². The summed E-state index contributed by atoms with van der Waals surface area (Å²) < 4.78 is 0. The van der Waals surface area contributed by atoms with Crippen molar-refractivity contribution in [3.63, 3.8) is 0 Å². The van der Waals surface area contributed by atoms with Crippen LogP contribution in [0.4, 0.5) is 4.79 Å². The molecule has 2 amide bonds. The molecule has 1 fully saturated rings. The van der Waals surface area contributed by atoms with Crippen LogP contribution in [0.5, 0.6) is 0 Å². The van der Waals surface area contributed by atoms with Gasteiger partial charge in [0.1, 0.15) is 0 Å². The van der Waals surface area contributed by atoms with Crippen molar-refractivity contribution in [3.05, 3.63) is 0 Å². The summed E-state index contributed by atoms with van der Waals surface area (Å²) in [5.41, 5.74) is -0.391. The second-order valence-corrected chi connectivity index (χ2v) is 4.34. The molecular weight excluding hydrogens is 180 g/mol. The van der Waals surface area contributed by atoms with E-state index in [0.717, 1.165) is 19.3 Å². The lowest BCUT2D eigenvalue weighted by Crippen LogP contribution is -2.56. The van der Waals surface area contributed by atoms with Gasteiger partial charge in [0.05, 0.1) is 12.1 Å². The van der Waals surface area contributed by atoms with Crippen LogP contribution in [0.25, 0.3) is 0 Å². The Balaban J connectivity index is 2.60. The van der Waals surface area contributed by atoms with Crippen LogP contribution in [0.2, 0.25) is 0 Å². The Morgan fingerprint density at radius 3 is 2.86 bits per heavy atom. The maximum atomic E-state index is 11.2. The van der Waals surface area contributed by atoms with Crippen LogP contribution < -0.4 is 10.6 Å². The first-order chi connectivity index (χ1) is 6.62. The van der Waals surface area contributed by atoms with Crippen molar-refractivity contribution >= 4 is 6.03 Å². The number of rotatable bonds is 2. The molecule has 0 aromatic carbocycles. The summed E-state index contributed by atoms with van der Waals surface area (Å²) in [5.74, 6) is 0.577. The van der Waals surface area contributed by atoms with Crippen molar-refractivity contribution in [3.8, 4) is 0 Å². The number of amides is 2. The number of hydrogen-bond acceptors (Lipinski definition) is 2. The molecule has 4 nitrogen and oxygen atoms in total. The molecule has 0 spiro atoms. The lowest BCUT2D eigenvalue weighted by molar-refractivity contribution is 0.106. The van der Waals surface area contributed by atoms with Crippen LogP contribution in [-0.4, -0.2) is 30.3 Å². The van der Waals surface area contributed by atoms with Crippen LogP contribution in [0.15, 0.2) is 0 Å². The minimum Gasteiger partial charge on any atom is -0.394 e. The molecular formula is C10H20N2O2. The predicted octanol–water partition coefficient (Wildman–Crippen LogP) is 0.857. The normalized spacial score (nSPS) is 32.4. The molecule has 1 saturated carbocycles. The van der Waals surface area contributed by atoms with Crippen molar-refractivity contribution < 1.29 is 9.90 Å². The van der Waals surface area contributed by atoms with E-state index in [1.807, 2.05) is 0 Å². The summed E-state index contributed by atoms with van der Waals surface area (Å²) in [6, 6.07) is -0.201. The Labute approximate surface area is 85.1 Å². The largest absolute Gasteiger partial charge is 0.394 e. The van der Waals surface area contributed by atoms with Gasteiger partial charge in [-0.05, 0) is 18.8 Å². The maximum absolute atomic E-state index is 11.2. The first-order valence-corrected chi connectivity index (χ1v) is 5.22. The molecule has 82 valence electrons. The zero-order chi connectivity index (χ0) is 10.6. The lowest BCUT2D eigenvalue weighted by atomic mass is 9.77. The van der Waals surface area contributed by atoms with Gasteiger partial charge in [-0.3, -0.25) is 0 Å². The van der Waals surface area contributed by atoms with Crippen molar-refractivity contribution in [1.29, 1.82) is 0 Å². The van der Waals surface area contributed by atoms with E-state index in [2.05, 4.69) is 17.6 Å². The topological polar surface area (TPSA) is 61.4 Å². The minimum atomic E-state index is -0.391. The Morgan fingerprint density at radius 2 is 2.36 bits per heavy atom. The maximum Gasteiger partial charge on any atom is 0.315 e. The van der Waals surface area contributed by atoms with Gasteiger partial charge in [0.15, 0.2) is 0 Å². The van der Waals surface area contributed by atoms with Gasteiger partial charge in [0, 0.05) is 7.05 Å². The molecule has 0 aromatic rings. The van der Waals surface area contributed by atoms with E-state index in [1.165, 1.54) is 6.42 Å². The first kappa shape index (κ1) is 11.3. The fourth-order valence-electron chi connectivity index (χ4n) is 2.26.